The third kappa shape index (κ3) is 3.44. The molecule has 1 aliphatic rings. The Morgan fingerprint density at radius 2 is 2.20 bits per heavy atom. The molecule has 0 aromatic carbocycles. The number of sulfonamides is 1. The summed E-state index contributed by atoms with van der Waals surface area (Å²) >= 11 is 0. The highest BCUT2D eigenvalue weighted by atomic mass is 32.2. The predicted octanol–water partition coefficient (Wildman–Crippen LogP) is -0.664. The Hall–Kier alpha value is -0.660. The Bertz CT molecular complexity index is 328. The summed E-state index contributed by atoms with van der Waals surface area (Å²) in [5.41, 5.74) is 2.23. The molecule has 1 fully saturated rings. The number of carbonyl (C=O) groups excluding carboxylic acids is 1. The highest BCUT2D eigenvalue weighted by molar-refractivity contribution is 7.88. The van der Waals surface area contributed by atoms with E-state index in [1.807, 2.05) is 0 Å². The molecule has 0 aromatic rings. The van der Waals surface area contributed by atoms with E-state index >= 15 is 0 Å². The van der Waals surface area contributed by atoms with Crippen LogP contribution in [0.15, 0.2) is 0 Å². The lowest BCUT2D eigenvalue weighted by Gasteiger charge is -2.29. The maximum Gasteiger partial charge on any atom is 0.247 e. The molecule has 0 spiro atoms. The fourth-order valence-corrected chi connectivity index (χ4v) is 2.55. The SMILES string of the molecule is CONC(=O)C1CCCN(S(C)(=O)=O)C1. The van der Waals surface area contributed by atoms with Crippen molar-refractivity contribution in [2.24, 2.45) is 5.92 Å². The number of nitrogens with zero attached hydrogens (tertiary/aromatic N) is 1. The molecule has 1 rings (SSSR count). The van der Waals surface area contributed by atoms with Gasteiger partial charge in [0.1, 0.15) is 0 Å². The Balaban J connectivity index is 2.60. The van der Waals surface area contributed by atoms with Crippen LogP contribution in [0.3, 0.4) is 0 Å². The molecule has 88 valence electrons. The third-order valence-electron chi connectivity index (χ3n) is 2.43. The maximum absolute atomic E-state index is 11.4. The minimum atomic E-state index is -3.19. The molecule has 0 aromatic heterocycles. The van der Waals surface area contributed by atoms with Gasteiger partial charge < -0.3 is 0 Å². The van der Waals surface area contributed by atoms with Crippen LogP contribution < -0.4 is 5.48 Å². The van der Waals surface area contributed by atoms with E-state index in [-0.39, 0.29) is 18.4 Å². The standard InChI is InChI=1S/C8H16N2O4S/c1-14-9-8(11)7-4-3-5-10(6-7)15(2,12)13/h7H,3-6H2,1-2H3,(H,9,11). The van der Waals surface area contributed by atoms with Gasteiger partial charge in [-0.1, -0.05) is 0 Å². The number of hydrogen-bond acceptors (Lipinski definition) is 4. The summed E-state index contributed by atoms with van der Waals surface area (Å²) in [7, 11) is -1.84. The summed E-state index contributed by atoms with van der Waals surface area (Å²) in [6.07, 6.45) is 2.56. The first-order valence-corrected chi connectivity index (χ1v) is 6.58. The molecule has 0 aliphatic carbocycles. The van der Waals surface area contributed by atoms with Gasteiger partial charge in [0, 0.05) is 13.1 Å². The van der Waals surface area contributed by atoms with E-state index in [4.69, 9.17) is 0 Å². The number of nitrogens with one attached hydrogen (secondary N) is 1. The number of hydroxylamine groups is 1. The van der Waals surface area contributed by atoms with Crippen LogP contribution in [-0.2, 0) is 19.7 Å². The van der Waals surface area contributed by atoms with Gasteiger partial charge in [-0.05, 0) is 12.8 Å². The number of hydrogen-bond donors (Lipinski definition) is 1. The van der Waals surface area contributed by atoms with Crippen molar-refractivity contribution in [2.75, 3.05) is 26.5 Å². The average Bonchev–Trinajstić information content (AvgIpc) is 2.17. The molecule has 6 nitrogen and oxygen atoms in total. The summed E-state index contributed by atoms with van der Waals surface area (Å²) < 4.78 is 23.9. The molecule has 1 unspecified atom stereocenters. The second-order valence-electron chi connectivity index (χ2n) is 3.63. The number of amides is 1. The minimum absolute atomic E-state index is 0.244. The molecule has 1 saturated heterocycles. The smallest absolute Gasteiger partial charge is 0.247 e. The molecule has 1 aliphatic heterocycles. The van der Waals surface area contributed by atoms with E-state index in [0.29, 0.717) is 19.4 Å². The van der Waals surface area contributed by atoms with Gasteiger partial charge in [-0.3, -0.25) is 9.63 Å². The van der Waals surface area contributed by atoms with E-state index in [1.54, 1.807) is 0 Å². The molecular formula is C8H16N2O4S. The van der Waals surface area contributed by atoms with Crippen molar-refractivity contribution in [3.63, 3.8) is 0 Å². The molecule has 0 saturated carbocycles. The molecule has 0 radical (unpaired) electrons. The van der Waals surface area contributed by atoms with Gasteiger partial charge in [0.25, 0.3) is 0 Å². The number of carbonyl (C=O) groups is 1. The van der Waals surface area contributed by atoms with Gasteiger partial charge in [0.2, 0.25) is 15.9 Å². The van der Waals surface area contributed by atoms with Gasteiger partial charge in [0.15, 0.2) is 0 Å². The van der Waals surface area contributed by atoms with Gasteiger partial charge in [-0.15, -0.1) is 0 Å². The van der Waals surface area contributed by atoms with E-state index in [0.717, 1.165) is 6.26 Å². The van der Waals surface area contributed by atoms with Crippen molar-refractivity contribution in [1.29, 1.82) is 0 Å². The normalized spacial score (nSPS) is 23.7. The fourth-order valence-electron chi connectivity index (χ4n) is 1.64. The van der Waals surface area contributed by atoms with E-state index in [2.05, 4.69) is 10.3 Å². The molecule has 1 N–H and O–H groups in total. The van der Waals surface area contributed by atoms with Gasteiger partial charge in [-0.2, -0.15) is 0 Å². The van der Waals surface area contributed by atoms with Crippen molar-refractivity contribution in [3.8, 4) is 0 Å². The Kier molecular flexibility index (Phi) is 4.06. The first kappa shape index (κ1) is 12.4. The van der Waals surface area contributed by atoms with Crippen molar-refractivity contribution in [2.45, 2.75) is 12.8 Å². The lowest BCUT2D eigenvalue weighted by molar-refractivity contribution is -0.136. The lowest BCUT2D eigenvalue weighted by atomic mass is 9.99. The van der Waals surface area contributed by atoms with Crippen molar-refractivity contribution in [3.05, 3.63) is 0 Å². The van der Waals surface area contributed by atoms with Crippen molar-refractivity contribution >= 4 is 15.9 Å². The first-order valence-electron chi connectivity index (χ1n) is 4.73. The van der Waals surface area contributed by atoms with Crippen LogP contribution in [-0.4, -0.2) is 45.1 Å². The third-order valence-corrected chi connectivity index (χ3v) is 3.70. The second-order valence-corrected chi connectivity index (χ2v) is 5.61. The number of piperidine rings is 1. The maximum atomic E-state index is 11.4. The van der Waals surface area contributed by atoms with Crippen LogP contribution in [0.2, 0.25) is 0 Å². The fraction of sp³-hybridized carbons (Fsp3) is 0.875. The molecule has 15 heavy (non-hydrogen) atoms. The second kappa shape index (κ2) is 4.91. The summed E-state index contributed by atoms with van der Waals surface area (Å²) in [5.74, 6) is -0.570. The minimum Gasteiger partial charge on any atom is -0.277 e. The van der Waals surface area contributed by atoms with Crippen molar-refractivity contribution in [1.82, 2.24) is 9.79 Å². The number of rotatable bonds is 3. The zero-order valence-corrected chi connectivity index (χ0v) is 9.71. The molecule has 1 amide bonds. The summed E-state index contributed by atoms with van der Waals surface area (Å²) in [4.78, 5) is 15.9. The van der Waals surface area contributed by atoms with Crippen LogP contribution in [0, 0.1) is 5.92 Å². The van der Waals surface area contributed by atoms with Crippen molar-refractivity contribution < 1.29 is 18.0 Å². The first-order chi connectivity index (χ1) is 6.95. The summed E-state index contributed by atoms with van der Waals surface area (Å²) in [6.45, 7) is 0.740. The quantitative estimate of drug-likeness (QED) is 0.660. The monoisotopic (exact) mass is 236 g/mol. The van der Waals surface area contributed by atoms with Gasteiger partial charge in [-0.25, -0.2) is 18.2 Å². The molecule has 7 heteroatoms. The van der Waals surface area contributed by atoms with Gasteiger partial charge >= 0.3 is 0 Å². The molecule has 1 heterocycles. The van der Waals surface area contributed by atoms with Crippen LogP contribution in [0.5, 0.6) is 0 Å². The Labute approximate surface area is 89.6 Å². The van der Waals surface area contributed by atoms with Gasteiger partial charge in [0.05, 0.1) is 19.3 Å². The highest BCUT2D eigenvalue weighted by Crippen LogP contribution is 2.18. The topological polar surface area (TPSA) is 75.7 Å². The lowest BCUT2D eigenvalue weighted by Crippen LogP contribution is -2.44. The Morgan fingerprint density at radius 1 is 1.53 bits per heavy atom. The van der Waals surface area contributed by atoms with E-state index < -0.39 is 10.0 Å². The van der Waals surface area contributed by atoms with Crippen LogP contribution in [0.25, 0.3) is 0 Å². The average molecular weight is 236 g/mol. The molecule has 1 atom stereocenters. The van der Waals surface area contributed by atoms with Crippen LogP contribution >= 0.6 is 0 Å². The zero-order valence-electron chi connectivity index (χ0n) is 8.89. The highest BCUT2D eigenvalue weighted by Gasteiger charge is 2.29. The van der Waals surface area contributed by atoms with Crippen LogP contribution in [0.4, 0.5) is 0 Å². The molecular weight excluding hydrogens is 220 g/mol. The molecule has 0 bridgehead atoms. The van der Waals surface area contributed by atoms with E-state index in [9.17, 15) is 13.2 Å². The summed E-state index contributed by atoms with van der Waals surface area (Å²) in [6, 6.07) is 0. The van der Waals surface area contributed by atoms with Crippen LogP contribution in [0.1, 0.15) is 12.8 Å². The Morgan fingerprint density at radius 3 is 2.73 bits per heavy atom. The van der Waals surface area contributed by atoms with E-state index in [1.165, 1.54) is 11.4 Å². The predicted molar refractivity (Wildman–Crippen MR) is 54.3 cm³/mol. The zero-order chi connectivity index (χ0) is 11.5. The largest absolute Gasteiger partial charge is 0.277 e. The summed E-state index contributed by atoms with van der Waals surface area (Å²) in [5, 5.41) is 0.